The third-order valence-electron chi connectivity index (χ3n) is 5.57. The SMILES string of the molecule is Cc1cccc(CN2C(=O)N/C(=C/c3cc(C)n(-c4ccc(C(N)=O)cc4)c3C)C2=O)c1. The molecule has 3 aromatic rings. The second-order valence-corrected chi connectivity index (χ2v) is 7.94. The van der Waals surface area contributed by atoms with Gasteiger partial charge in [0, 0.05) is 22.6 Å². The van der Waals surface area contributed by atoms with E-state index in [4.69, 9.17) is 5.73 Å². The average Bonchev–Trinajstić information content (AvgIpc) is 3.17. The van der Waals surface area contributed by atoms with Crippen LogP contribution in [0.1, 0.15) is 38.4 Å². The van der Waals surface area contributed by atoms with Gasteiger partial charge >= 0.3 is 6.03 Å². The van der Waals surface area contributed by atoms with Crippen LogP contribution in [0.25, 0.3) is 11.8 Å². The lowest BCUT2D eigenvalue weighted by molar-refractivity contribution is -0.123. The fraction of sp³-hybridized carbons (Fsp3) is 0.160. The minimum Gasteiger partial charge on any atom is -0.366 e. The summed E-state index contributed by atoms with van der Waals surface area (Å²) in [5.41, 5.74) is 11.5. The van der Waals surface area contributed by atoms with E-state index in [0.29, 0.717) is 5.56 Å². The minimum atomic E-state index is -0.478. The first-order valence-electron chi connectivity index (χ1n) is 10.2. The highest BCUT2D eigenvalue weighted by molar-refractivity contribution is 6.14. The van der Waals surface area contributed by atoms with E-state index in [-0.39, 0.29) is 18.1 Å². The molecule has 4 amide bonds. The zero-order valence-electron chi connectivity index (χ0n) is 18.2. The molecule has 1 saturated heterocycles. The van der Waals surface area contributed by atoms with Crippen LogP contribution in [-0.2, 0) is 11.3 Å². The Morgan fingerprint density at radius 2 is 1.75 bits per heavy atom. The van der Waals surface area contributed by atoms with E-state index < -0.39 is 11.9 Å². The van der Waals surface area contributed by atoms with Crippen molar-refractivity contribution in [2.45, 2.75) is 27.3 Å². The van der Waals surface area contributed by atoms with Crippen molar-refractivity contribution >= 4 is 23.9 Å². The largest absolute Gasteiger partial charge is 0.366 e. The molecule has 1 aliphatic rings. The van der Waals surface area contributed by atoms with Gasteiger partial charge in [0.25, 0.3) is 5.91 Å². The van der Waals surface area contributed by atoms with E-state index in [1.54, 1.807) is 18.2 Å². The van der Waals surface area contributed by atoms with E-state index in [1.807, 2.05) is 67.8 Å². The second-order valence-electron chi connectivity index (χ2n) is 7.94. The van der Waals surface area contributed by atoms with Gasteiger partial charge in [-0.05, 0) is 68.3 Å². The van der Waals surface area contributed by atoms with Crippen molar-refractivity contribution < 1.29 is 14.4 Å². The Hall–Kier alpha value is -4.13. The monoisotopic (exact) mass is 428 g/mol. The summed E-state index contributed by atoms with van der Waals surface area (Å²) in [5.74, 6) is -0.833. The van der Waals surface area contributed by atoms with Gasteiger partial charge in [-0.1, -0.05) is 29.8 Å². The first-order valence-corrected chi connectivity index (χ1v) is 10.2. The predicted octanol–water partition coefficient (Wildman–Crippen LogP) is 3.59. The maximum absolute atomic E-state index is 12.9. The smallest absolute Gasteiger partial charge is 0.329 e. The van der Waals surface area contributed by atoms with Crippen LogP contribution in [0.15, 0.2) is 60.3 Å². The molecule has 0 unspecified atom stereocenters. The van der Waals surface area contributed by atoms with Gasteiger partial charge in [-0.15, -0.1) is 0 Å². The Morgan fingerprint density at radius 1 is 1.03 bits per heavy atom. The van der Waals surface area contributed by atoms with Gasteiger partial charge in [0.15, 0.2) is 0 Å². The van der Waals surface area contributed by atoms with Crippen LogP contribution in [0.2, 0.25) is 0 Å². The number of amides is 4. The fourth-order valence-electron chi connectivity index (χ4n) is 3.97. The molecule has 1 aromatic heterocycles. The van der Waals surface area contributed by atoms with Gasteiger partial charge in [-0.25, -0.2) is 4.79 Å². The number of benzene rings is 2. The fourth-order valence-corrected chi connectivity index (χ4v) is 3.97. The lowest BCUT2D eigenvalue weighted by Gasteiger charge is -2.12. The van der Waals surface area contributed by atoms with Crippen molar-refractivity contribution in [3.8, 4) is 5.69 Å². The Bertz CT molecular complexity index is 1270. The molecule has 0 bridgehead atoms. The first-order chi connectivity index (χ1) is 15.2. The molecule has 0 atom stereocenters. The van der Waals surface area contributed by atoms with Gasteiger partial charge in [-0.3, -0.25) is 14.5 Å². The number of hydrogen-bond donors (Lipinski definition) is 2. The summed E-state index contributed by atoms with van der Waals surface area (Å²) in [4.78, 5) is 37.9. The summed E-state index contributed by atoms with van der Waals surface area (Å²) >= 11 is 0. The molecule has 0 radical (unpaired) electrons. The van der Waals surface area contributed by atoms with E-state index in [1.165, 1.54) is 4.90 Å². The molecule has 7 nitrogen and oxygen atoms in total. The number of carbonyl (C=O) groups is 3. The Kier molecular flexibility index (Phi) is 5.40. The number of carbonyl (C=O) groups excluding carboxylic acids is 3. The second kappa shape index (κ2) is 8.19. The number of imide groups is 1. The molecule has 2 heterocycles. The number of urea groups is 1. The zero-order chi connectivity index (χ0) is 23.0. The highest BCUT2D eigenvalue weighted by Crippen LogP contribution is 2.25. The van der Waals surface area contributed by atoms with Gasteiger partial charge in [0.05, 0.1) is 6.54 Å². The van der Waals surface area contributed by atoms with Crippen LogP contribution in [-0.4, -0.2) is 27.3 Å². The number of primary amides is 1. The van der Waals surface area contributed by atoms with E-state index >= 15 is 0 Å². The number of nitrogens with two attached hydrogens (primary N) is 1. The maximum atomic E-state index is 12.9. The number of aryl methyl sites for hydroxylation is 2. The third kappa shape index (κ3) is 3.92. The van der Waals surface area contributed by atoms with Gasteiger partial charge < -0.3 is 15.6 Å². The van der Waals surface area contributed by atoms with Crippen LogP contribution in [0.4, 0.5) is 4.79 Å². The number of nitrogens with zero attached hydrogens (tertiary/aromatic N) is 2. The van der Waals surface area contributed by atoms with Crippen molar-refractivity contribution in [2.75, 3.05) is 0 Å². The summed E-state index contributed by atoms with van der Waals surface area (Å²) in [6.45, 7) is 6.08. The summed E-state index contributed by atoms with van der Waals surface area (Å²) in [7, 11) is 0. The Balaban J connectivity index is 1.61. The average molecular weight is 428 g/mol. The maximum Gasteiger partial charge on any atom is 0.329 e. The zero-order valence-corrected chi connectivity index (χ0v) is 18.2. The molecule has 0 aliphatic carbocycles. The van der Waals surface area contributed by atoms with Gasteiger partial charge in [0.2, 0.25) is 5.91 Å². The molecule has 1 aliphatic heterocycles. The molecule has 32 heavy (non-hydrogen) atoms. The minimum absolute atomic E-state index is 0.217. The third-order valence-corrected chi connectivity index (χ3v) is 5.57. The topological polar surface area (TPSA) is 97.4 Å². The summed E-state index contributed by atoms with van der Waals surface area (Å²) in [5, 5.41) is 2.69. The Morgan fingerprint density at radius 3 is 2.41 bits per heavy atom. The van der Waals surface area contributed by atoms with E-state index in [2.05, 4.69) is 5.32 Å². The number of hydrogen-bond acceptors (Lipinski definition) is 3. The van der Waals surface area contributed by atoms with Crippen LogP contribution < -0.4 is 11.1 Å². The molecule has 0 spiro atoms. The lowest BCUT2D eigenvalue weighted by atomic mass is 10.1. The first kappa shape index (κ1) is 21.1. The standard InChI is InChI=1S/C25H24N4O3/c1-15-5-4-6-18(11-15)14-28-24(31)22(27-25(28)32)13-20-12-16(2)29(17(20)3)21-9-7-19(8-10-21)23(26)30/h4-13H,14H2,1-3H3,(H2,26,30)(H,27,32)/b22-13+. The van der Waals surface area contributed by atoms with Crippen molar-refractivity contribution in [3.63, 3.8) is 0 Å². The summed E-state index contributed by atoms with van der Waals surface area (Å²) in [6, 6.07) is 16.3. The molecular weight excluding hydrogens is 404 g/mol. The lowest BCUT2D eigenvalue weighted by Crippen LogP contribution is -2.30. The summed E-state index contributed by atoms with van der Waals surface area (Å²) in [6.07, 6.45) is 1.70. The number of aromatic nitrogens is 1. The van der Waals surface area contributed by atoms with E-state index in [0.717, 1.165) is 33.8 Å². The van der Waals surface area contributed by atoms with Crippen LogP contribution >= 0.6 is 0 Å². The van der Waals surface area contributed by atoms with Crippen molar-refractivity contribution in [1.29, 1.82) is 0 Å². The molecule has 162 valence electrons. The van der Waals surface area contributed by atoms with Crippen molar-refractivity contribution in [2.24, 2.45) is 5.73 Å². The molecule has 4 rings (SSSR count). The molecule has 3 N–H and O–H groups in total. The van der Waals surface area contributed by atoms with Crippen LogP contribution in [0.3, 0.4) is 0 Å². The molecule has 1 fully saturated rings. The van der Waals surface area contributed by atoms with Crippen molar-refractivity contribution in [3.05, 3.63) is 93.9 Å². The van der Waals surface area contributed by atoms with E-state index in [9.17, 15) is 14.4 Å². The number of rotatable bonds is 5. The van der Waals surface area contributed by atoms with Crippen LogP contribution in [0.5, 0.6) is 0 Å². The van der Waals surface area contributed by atoms with Crippen LogP contribution in [0, 0.1) is 20.8 Å². The predicted molar refractivity (Wildman–Crippen MR) is 122 cm³/mol. The quantitative estimate of drug-likeness (QED) is 0.480. The normalized spacial score (nSPS) is 14.8. The van der Waals surface area contributed by atoms with Gasteiger partial charge in [0.1, 0.15) is 5.70 Å². The highest BCUT2D eigenvalue weighted by atomic mass is 16.2. The number of nitrogens with one attached hydrogen (secondary N) is 1. The molecule has 7 heteroatoms. The molecule has 0 saturated carbocycles. The molecular formula is C25H24N4O3. The van der Waals surface area contributed by atoms with Gasteiger partial charge in [-0.2, -0.15) is 0 Å². The highest BCUT2D eigenvalue weighted by Gasteiger charge is 2.33. The van der Waals surface area contributed by atoms with Crippen molar-refractivity contribution in [1.82, 2.24) is 14.8 Å². The summed E-state index contributed by atoms with van der Waals surface area (Å²) < 4.78 is 2.02. The molecule has 2 aromatic carbocycles. The Labute approximate surface area is 186 Å².